The highest BCUT2D eigenvalue weighted by Crippen LogP contribution is 2.24. The van der Waals surface area contributed by atoms with Crippen molar-refractivity contribution in [1.29, 1.82) is 0 Å². The molecule has 8 nitrogen and oxygen atoms in total. The Morgan fingerprint density at radius 2 is 1.47 bits per heavy atom. The molecule has 3 rings (SSSR count). The van der Waals surface area contributed by atoms with Gasteiger partial charge in [-0.25, -0.2) is 4.79 Å². The van der Waals surface area contributed by atoms with Gasteiger partial charge in [-0.3, -0.25) is 14.5 Å². The molecule has 0 aliphatic carbocycles. The molecule has 2 aromatic rings. The number of carbonyl (C=O) groups is 3. The molecule has 1 atom stereocenters. The third-order valence-electron chi connectivity index (χ3n) is 5.61. The summed E-state index contributed by atoms with van der Waals surface area (Å²) in [5, 5.41) is 5.51. The molecule has 1 aliphatic heterocycles. The molecule has 0 aromatic heterocycles. The Bertz CT molecular complexity index is 959. The fraction of sp³-hybridized carbons (Fsp3) is 0.375. The van der Waals surface area contributed by atoms with Gasteiger partial charge in [0, 0.05) is 6.54 Å². The van der Waals surface area contributed by atoms with Gasteiger partial charge in [-0.05, 0) is 61.6 Å². The third-order valence-corrected chi connectivity index (χ3v) is 5.61. The largest absolute Gasteiger partial charge is 0.497 e. The number of hydrogen-bond acceptors (Lipinski definition) is 5. The van der Waals surface area contributed by atoms with Crippen LogP contribution in [-0.4, -0.2) is 55.6 Å². The second-order valence-corrected chi connectivity index (χ2v) is 7.95. The minimum absolute atomic E-state index is 0.300. The molecule has 4 amide bonds. The normalized spacial score (nSPS) is 17.8. The van der Waals surface area contributed by atoms with Gasteiger partial charge in [0.25, 0.3) is 5.91 Å². The van der Waals surface area contributed by atoms with Crippen molar-refractivity contribution in [2.24, 2.45) is 0 Å². The summed E-state index contributed by atoms with van der Waals surface area (Å²) in [5.41, 5.74) is 1.04. The van der Waals surface area contributed by atoms with Gasteiger partial charge in [0.15, 0.2) is 0 Å². The maximum Gasteiger partial charge on any atom is 0.325 e. The lowest BCUT2D eigenvalue weighted by molar-refractivity contribution is -0.134. The molecule has 170 valence electrons. The molecule has 32 heavy (non-hydrogen) atoms. The van der Waals surface area contributed by atoms with Crippen molar-refractivity contribution in [2.45, 2.75) is 31.7 Å². The van der Waals surface area contributed by atoms with Crippen LogP contribution in [0.1, 0.15) is 24.5 Å². The lowest BCUT2D eigenvalue weighted by atomic mass is 9.93. The fourth-order valence-electron chi connectivity index (χ4n) is 3.58. The Morgan fingerprint density at radius 3 is 2.00 bits per heavy atom. The molecule has 1 saturated heterocycles. The number of nitrogens with one attached hydrogen (secondary N) is 2. The maximum absolute atomic E-state index is 12.9. The van der Waals surface area contributed by atoms with E-state index in [1.165, 1.54) is 0 Å². The first-order chi connectivity index (χ1) is 15.3. The van der Waals surface area contributed by atoms with Gasteiger partial charge in [0.1, 0.15) is 23.6 Å². The number of hydrogen-bond donors (Lipinski definition) is 2. The first kappa shape index (κ1) is 23.1. The van der Waals surface area contributed by atoms with Crippen molar-refractivity contribution in [3.05, 3.63) is 59.7 Å². The minimum atomic E-state index is -1.04. The Balaban J connectivity index is 1.48. The van der Waals surface area contributed by atoms with E-state index < -0.39 is 11.6 Å². The molecule has 0 radical (unpaired) electrons. The summed E-state index contributed by atoms with van der Waals surface area (Å²) in [7, 11) is 3.21. The molecule has 0 saturated carbocycles. The predicted molar refractivity (Wildman–Crippen MR) is 120 cm³/mol. The number of carbonyl (C=O) groups excluding carboxylic acids is 3. The zero-order valence-electron chi connectivity index (χ0n) is 18.6. The maximum atomic E-state index is 12.9. The molecule has 1 aliphatic rings. The van der Waals surface area contributed by atoms with E-state index in [9.17, 15) is 14.4 Å². The van der Waals surface area contributed by atoms with Crippen LogP contribution in [0, 0.1) is 0 Å². The van der Waals surface area contributed by atoms with E-state index in [0.717, 1.165) is 27.5 Å². The highest BCUT2D eigenvalue weighted by atomic mass is 16.5. The first-order valence-corrected chi connectivity index (χ1v) is 10.5. The van der Waals surface area contributed by atoms with Crippen LogP contribution in [-0.2, 0) is 22.4 Å². The second kappa shape index (κ2) is 10.2. The molecule has 8 heteroatoms. The van der Waals surface area contributed by atoms with E-state index in [-0.39, 0.29) is 18.4 Å². The average molecular weight is 440 g/mol. The van der Waals surface area contributed by atoms with Gasteiger partial charge in [-0.15, -0.1) is 0 Å². The average Bonchev–Trinajstić information content (AvgIpc) is 3.01. The molecular formula is C24H29N3O5. The minimum Gasteiger partial charge on any atom is -0.497 e. The van der Waals surface area contributed by atoms with Gasteiger partial charge >= 0.3 is 6.03 Å². The number of imide groups is 1. The molecule has 1 unspecified atom stereocenters. The molecule has 2 N–H and O–H groups in total. The van der Waals surface area contributed by atoms with E-state index in [1.807, 2.05) is 48.5 Å². The highest BCUT2D eigenvalue weighted by molar-refractivity contribution is 6.08. The predicted octanol–water partition coefficient (Wildman–Crippen LogP) is 2.31. The van der Waals surface area contributed by atoms with E-state index >= 15 is 0 Å². The van der Waals surface area contributed by atoms with Gasteiger partial charge in [0.2, 0.25) is 5.91 Å². The fourth-order valence-corrected chi connectivity index (χ4v) is 3.58. The van der Waals surface area contributed by atoms with Gasteiger partial charge < -0.3 is 20.1 Å². The number of ether oxygens (including phenoxy) is 2. The van der Waals surface area contributed by atoms with Crippen LogP contribution in [0.3, 0.4) is 0 Å². The van der Waals surface area contributed by atoms with E-state index in [4.69, 9.17) is 9.47 Å². The Labute approximate surface area is 187 Å². The van der Waals surface area contributed by atoms with Crippen LogP contribution in [0.2, 0.25) is 0 Å². The van der Waals surface area contributed by atoms with Crippen molar-refractivity contribution in [1.82, 2.24) is 15.5 Å². The highest BCUT2D eigenvalue weighted by Gasteiger charge is 2.47. The lowest BCUT2D eigenvalue weighted by Crippen LogP contribution is -2.45. The number of methoxy groups -OCH3 is 2. The number of aryl methyl sites for hydroxylation is 1. The summed E-state index contributed by atoms with van der Waals surface area (Å²) < 4.78 is 10.3. The van der Waals surface area contributed by atoms with E-state index in [0.29, 0.717) is 25.8 Å². The third kappa shape index (κ3) is 5.57. The smallest absolute Gasteiger partial charge is 0.325 e. The van der Waals surface area contributed by atoms with Crippen LogP contribution in [0.4, 0.5) is 4.79 Å². The van der Waals surface area contributed by atoms with Gasteiger partial charge in [-0.1, -0.05) is 24.3 Å². The summed E-state index contributed by atoms with van der Waals surface area (Å²) in [6.07, 6.45) is 1.67. The molecular weight excluding hydrogens is 410 g/mol. The summed E-state index contributed by atoms with van der Waals surface area (Å²) in [4.78, 5) is 38.6. The van der Waals surface area contributed by atoms with Crippen LogP contribution < -0.4 is 20.1 Å². The molecule has 0 bridgehead atoms. The van der Waals surface area contributed by atoms with Gasteiger partial charge in [-0.2, -0.15) is 0 Å². The summed E-state index contributed by atoms with van der Waals surface area (Å²) in [6.45, 7) is 1.80. The monoisotopic (exact) mass is 439 g/mol. The van der Waals surface area contributed by atoms with Crippen LogP contribution in [0.15, 0.2) is 48.5 Å². The zero-order chi connectivity index (χ0) is 23.1. The first-order valence-electron chi connectivity index (χ1n) is 10.5. The Morgan fingerprint density at radius 1 is 0.938 bits per heavy atom. The topological polar surface area (TPSA) is 97.0 Å². The van der Waals surface area contributed by atoms with Gasteiger partial charge in [0.05, 0.1) is 14.2 Å². The summed E-state index contributed by atoms with van der Waals surface area (Å²) >= 11 is 0. The van der Waals surface area contributed by atoms with Crippen molar-refractivity contribution in [2.75, 3.05) is 27.3 Å². The number of rotatable bonds is 10. The number of benzene rings is 2. The quantitative estimate of drug-likeness (QED) is 0.554. The van der Waals surface area contributed by atoms with E-state index in [2.05, 4.69) is 10.6 Å². The standard InChI is InChI=1S/C24H29N3O5/c1-24(14-12-17-4-8-19(31-2)9-5-17)22(29)27(23(30)26-24)16-21(28)25-15-13-18-6-10-20(32-3)11-7-18/h4-11H,12-16H2,1-3H3,(H,25,28)(H,26,30). The SMILES string of the molecule is COc1ccc(CCNC(=O)CN2C(=O)NC(C)(CCc3ccc(OC)cc3)C2=O)cc1. The molecule has 0 spiro atoms. The van der Waals surface area contributed by atoms with Crippen molar-refractivity contribution in [3.63, 3.8) is 0 Å². The molecule has 1 fully saturated rings. The number of nitrogens with zero attached hydrogens (tertiary/aromatic N) is 1. The van der Waals surface area contributed by atoms with Crippen LogP contribution in [0.25, 0.3) is 0 Å². The number of amides is 4. The van der Waals surface area contributed by atoms with Crippen LogP contribution in [0.5, 0.6) is 11.5 Å². The van der Waals surface area contributed by atoms with Crippen LogP contribution >= 0.6 is 0 Å². The molecule has 2 aromatic carbocycles. The van der Waals surface area contributed by atoms with E-state index in [1.54, 1.807) is 21.1 Å². The van der Waals surface area contributed by atoms with Crippen molar-refractivity contribution >= 4 is 17.8 Å². The number of urea groups is 1. The Kier molecular flexibility index (Phi) is 7.35. The van der Waals surface area contributed by atoms with Crippen molar-refractivity contribution in [3.8, 4) is 11.5 Å². The zero-order valence-corrected chi connectivity index (χ0v) is 18.6. The summed E-state index contributed by atoms with van der Waals surface area (Å²) in [5.74, 6) is 0.767. The lowest BCUT2D eigenvalue weighted by Gasteiger charge is -2.21. The van der Waals surface area contributed by atoms with Crippen molar-refractivity contribution < 1.29 is 23.9 Å². The second-order valence-electron chi connectivity index (χ2n) is 7.95. The summed E-state index contributed by atoms with van der Waals surface area (Å²) in [6, 6.07) is 14.6. The Hall–Kier alpha value is -3.55. The molecule has 1 heterocycles.